The van der Waals surface area contributed by atoms with Crippen LogP contribution in [0.2, 0.25) is 0 Å². The highest BCUT2D eigenvalue weighted by molar-refractivity contribution is 7.77. The first-order chi connectivity index (χ1) is 14.6. The predicted octanol–water partition coefficient (Wildman–Crippen LogP) is 3.85. The number of hydrogen-bond donors (Lipinski definition) is 4. The molecule has 0 saturated carbocycles. The number of rotatable bonds is 7. The third-order valence-corrected chi connectivity index (χ3v) is 3.10. The van der Waals surface area contributed by atoms with Crippen LogP contribution in [0.25, 0.3) is 0 Å². The lowest BCUT2D eigenvalue weighted by Crippen LogP contribution is -2.34. The molecule has 0 spiro atoms. The van der Waals surface area contributed by atoms with Gasteiger partial charge in [-0.25, -0.2) is 11.0 Å². The number of anilines is 2. The number of aliphatic carboxylic acids is 1. The average Bonchev–Trinajstić information content (AvgIpc) is 2.71. The summed E-state index contributed by atoms with van der Waals surface area (Å²) in [7, 11) is 0. The molecule has 2 aromatic carbocycles. The van der Waals surface area contributed by atoms with Gasteiger partial charge in [0.1, 0.15) is 5.75 Å². The summed E-state index contributed by atoms with van der Waals surface area (Å²) in [5.74, 6) is 6.70. The van der Waals surface area contributed by atoms with Gasteiger partial charge in [-0.15, -0.1) is 18.3 Å². The summed E-state index contributed by atoms with van der Waals surface area (Å²) in [6, 6.07) is 11.8. The Morgan fingerprint density at radius 3 is 2.26 bits per heavy atom. The zero-order valence-electron chi connectivity index (χ0n) is 16.9. The quantitative estimate of drug-likeness (QED) is 0.162. The van der Waals surface area contributed by atoms with Gasteiger partial charge >= 0.3 is 12.3 Å². The van der Waals surface area contributed by atoms with Crippen molar-refractivity contribution in [2.75, 3.05) is 11.9 Å². The molecule has 0 atom stereocenters. The Hall–Kier alpha value is -3.38. The van der Waals surface area contributed by atoms with Crippen molar-refractivity contribution in [1.82, 2.24) is 5.12 Å². The summed E-state index contributed by atoms with van der Waals surface area (Å²) in [5.41, 5.74) is 7.26. The average molecular weight is 459 g/mol. The third-order valence-electron chi connectivity index (χ3n) is 3.10. The van der Waals surface area contributed by atoms with Crippen molar-refractivity contribution in [3.8, 4) is 5.75 Å². The van der Waals surface area contributed by atoms with Gasteiger partial charge in [-0.05, 0) is 42.3 Å². The zero-order valence-corrected chi connectivity index (χ0v) is 17.7. The smallest absolute Gasteiger partial charge is 0.480 e. The number of halogens is 3. The highest BCUT2D eigenvalue weighted by Gasteiger charge is 2.30. The molecule has 0 aliphatic rings. The first-order valence-corrected chi connectivity index (χ1v) is 9.31. The molecular weight excluding hydrogens is 435 g/mol. The molecule has 8 nitrogen and oxygen atoms in total. The van der Waals surface area contributed by atoms with E-state index in [0.29, 0.717) is 22.1 Å². The van der Waals surface area contributed by atoms with Gasteiger partial charge in [0.05, 0.1) is 0 Å². The second-order valence-corrected chi connectivity index (χ2v) is 5.22. The van der Waals surface area contributed by atoms with Gasteiger partial charge in [0.25, 0.3) is 0 Å². The molecule has 0 bridgehead atoms. The van der Waals surface area contributed by atoms with Crippen LogP contribution in [-0.2, 0) is 4.79 Å². The standard InChI is InChI=1S/C16H16F3N5O3.C2H6.CH2S/c17-16(18,19)27-11-7-5-10(6-8-11)22-13-4-2-1-3-12(13)15(20)23-24(21)9-14(25)26;2*1-2/h1-8,22H,9,21H2,(H2,20,23)(H,25,26);1-2H3;1H2. The molecule has 2 rings (SSSR count). The Morgan fingerprint density at radius 1 is 1.19 bits per heavy atom. The Kier molecular flexibility index (Phi) is 12.3. The number of hydrogen-bond acceptors (Lipinski definition) is 7. The van der Waals surface area contributed by atoms with E-state index in [2.05, 4.69) is 33.2 Å². The molecule has 0 unspecified atom stereocenters. The van der Waals surface area contributed by atoms with Gasteiger partial charge in [0.2, 0.25) is 0 Å². The number of nitrogens with one attached hydrogen (secondary N) is 1. The van der Waals surface area contributed by atoms with Gasteiger partial charge < -0.3 is 20.9 Å². The number of benzene rings is 2. The molecule has 6 N–H and O–H groups in total. The molecule has 0 aliphatic carbocycles. The molecule has 0 heterocycles. The Morgan fingerprint density at radius 2 is 1.74 bits per heavy atom. The van der Waals surface area contributed by atoms with Gasteiger partial charge in [-0.2, -0.15) is 0 Å². The number of carboxylic acids is 1. The first kappa shape index (κ1) is 27.6. The highest BCUT2D eigenvalue weighted by atomic mass is 32.1. The molecule has 170 valence electrons. The van der Waals surface area contributed by atoms with E-state index < -0.39 is 18.9 Å². The molecule has 0 radical (unpaired) electrons. The Bertz CT molecular complexity index is 848. The highest BCUT2D eigenvalue weighted by Crippen LogP contribution is 2.26. The van der Waals surface area contributed by atoms with Crippen LogP contribution < -0.4 is 21.6 Å². The largest absolute Gasteiger partial charge is 0.573 e. The second kappa shape index (κ2) is 13.8. The van der Waals surface area contributed by atoms with Crippen LogP contribution in [0.3, 0.4) is 0 Å². The molecular formula is C19H24F3N5O3S. The fourth-order valence-electron chi connectivity index (χ4n) is 2.08. The molecule has 0 saturated heterocycles. The van der Waals surface area contributed by atoms with Crippen LogP contribution in [0.15, 0.2) is 53.6 Å². The fraction of sp³-hybridized carbons (Fsp3) is 0.211. The number of alkyl halides is 3. The van der Waals surface area contributed by atoms with Crippen molar-refractivity contribution < 1.29 is 27.8 Å². The van der Waals surface area contributed by atoms with Crippen LogP contribution in [0, 0.1) is 0 Å². The van der Waals surface area contributed by atoms with Gasteiger partial charge in [0, 0.05) is 16.9 Å². The van der Waals surface area contributed by atoms with Crippen LogP contribution in [0.4, 0.5) is 24.5 Å². The maximum atomic E-state index is 12.2. The van der Waals surface area contributed by atoms with E-state index in [4.69, 9.17) is 16.7 Å². The summed E-state index contributed by atoms with van der Waals surface area (Å²) in [6.07, 6.45) is -4.77. The van der Waals surface area contributed by atoms with E-state index in [0.717, 1.165) is 12.1 Å². The number of amidine groups is 1. The fourth-order valence-corrected chi connectivity index (χ4v) is 2.08. The first-order valence-electron chi connectivity index (χ1n) is 8.73. The Labute approximate surface area is 183 Å². The second-order valence-electron chi connectivity index (χ2n) is 5.22. The van der Waals surface area contributed by atoms with E-state index in [-0.39, 0.29) is 11.6 Å². The number of hydrazine groups is 1. The third kappa shape index (κ3) is 10.8. The van der Waals surface area contributed by atoms with Crippen LogP contribution in [-0.4, -0.2) is 40.8 Å². The van der Waals surface area contributed by atoms with Crippen molar-refractivity contribution >= 4 is 41.3 Å². The minimum atomic E-state index is -4.77. The van der Waals surface area contributed by atoms with Gasteiger partial charge in [-0.1, -0.05) is 38.2 Å². The summed E-state index contributed by atoms with van der Waals surface area (Å²) in [6.45, 7) is 3.46. The van der Waals surface area contributed by atoms with E-state index >= 15 is 0 Å². The minimum absolute atomic E-state index is 0.0427. The van der Waals surface area contributed by atoms with Crippen molar-refractivity contribution in [3.05, 3.63) is 54.1 Å². The van der Waals surface area contributed by atoms with Crippen molar-refractivity contribution in [2.24, 2.45) is 16.7 Å². The number of carbonyl (C=O) groups is 1. The Balaban J connectivity index is 0.00000212. The number of nitrogens with two attached hydrogens (primary N) is 2. The number of nitrogens with zero attached hydrogens (tertiary/aromatic N) is 2. The van der Waals surface area contributed by atoms with E-state index in [1.165, 1.54) is 12.1 Å². The molecule has 0 fully saturated rings. The summed E-state index contributed by atoms with van der Waals surface area (Å²) >= 11 is 3.83. The molecule has 2 aromatic rings. The number of ether oxygens (including phenoxy) is 1. The van der Waals surface area contributed by atoms with Crippen molar-refractivity contribution in [3.63, 3.8) is 0 Å². The molecule has 0 aliphatic heterocycles. The minimum Gasteiger partial charge on any atom is -0.480 e. The van der Waals surface area contributed by atoms with Crippen LogP contribution in [0.5, 0.6) is 5.75 Å². The topological polar surface area (TPSA) is 126 Å². The molecule has 0 amide bonds. The van der Waals surface area contributed by atoms with E-state index in [1.54, 1.807) is 24.3 Å². The number of para-hydroxylation sites is 1. The zero-order chi connectivity index (χ0) is 24.0. The van der Waals surface area contributed by atoms with Crippen LogP contribution >= 0.6 is 12.2 Å². The SMILES string of the molecule is C=S.CC.N/C(=N\N(N)CC(=O)O)c1ccccc1Nc1ccc(OC(F)(F)F)cc1. The lowest BCUT2D eigenvalue weighted by Gasteiger charge is -2.15. The number of carboxylic acid groups (broad SMARTS) is 1. The molecule has 12 heteroatoms. The molecule has 31 heavy (non-hydrogen) atoms. The van der Waals surface area contributed by atoms with Gasteiger partial charge in [-0.3, -0.25) is 4.79 Å². The van der Waals surface area contributed by atoms with Crippen molar-refractivity contribution in [1.29, 1.82) is 0 Å². The number of thiocarbonyl (C=S) groups is 1. The van der Waals surface area contributed by atoms with Crippen molar-refractivity contribution in [2.45, 2.75) is 20.2 Å². The van der Waals surface area contributed by atoms with E-state index in [9.17, 15) is 18.0 Å². The summed E-state index contributed by atoms with van der Waals surface area (Å²) in [4.78, 5) is 10.6. The predicted molar refractivity (Wildman–Crippen MR) is 118 cm³/mol. The summed E-state index contributed by atoms with van der Waals surface area (Å²) < 4.78 is 40.4. The van der Waals surface area contributed by atoms with Gasteiger partial charge in [0.15, 0.2) is 12.4 Å². The van der Waals surface area contributed by atoms with Crippen LogP contribution in [0.1, 0.15) is 19.4 Å². The lowest BCUT2D eigenvalue weighted by atomic mass is 10.1. The van der Waals surface area contributed by atoms with E-state index in [1.807, 2.05) is 13.8 Å². The number of hydrazone groups is 1. The lowest BCUT2D eigenvalue weighted by molar-refractivity contribution is -0.274. The maximum absolute atomic E-state index is 12.2. The molecule has 0 aromatic heterocycles. The summed E-state index contributed by atoms with van der Waals surface area (Å²) in [5, 5.41) is 16.1. The normalized spacial score (nSPS) is 10.6. The maximum Gasteiger partial charge on any atom is 0.573 e. The monoisotopic (exact) mass is 459 g/mol.